The Bertz CT molecular complexity index is 269. The van der Waals surface area contributed by atoms with E-state index >= 15 is 0 Å². The first-order valence-electron chi connectivity index (χ1n) is 4.47. The largest absolute Gasteiger partial charge is 0.281 e. The van der Waals surface area contributed by atoms with Gasteiger partial charge in [0.2, 0.25) is 5.24 Å². The lowest BCUT2D eigenvalue weighted by Crippen LogP contribution is -2.01. The third-order valence-corrected chi connectivity index (χ3v) is 2.32. The molecule has 0 amide bonds. The molecule has 2 heteroatoms. The van der Waals surface area contributed by atoms with Crippen molar-refractivity contribution in [2.75, 3.05) is 0 Å². The average molecular weight is 197 g/mol. The molecule has 0 unspecified atom stereocenters. The molecule has 0 aliphatic carbocycles. The number of halogens is 1. The molecule has 70 valence electrons. The summed E-state index contributed by atoms with van der Waals surface area (Å²) in [5.41, 5.74) is 1.19. The van der Waals surface area contributed by atoms with Gasteiger partial charge in [-0.25, -0.2) is 0 Å². The molecule has 0 N–H and O–H groups in total. The Hall–Kier alpha value is -0.820. The second-order valence-electron chi connectivity index (χ2n) is 3.08. The highest BCUT2D eigenvalue weighted by atomic mass is 35.5. The molecule has 0 aliphatic heterocycles. The summed E-state index contributed by atoms with van der Waals surface area (Å²) in [6.45, 7) is 2.07. The van der Waals surface area contributed by atoms with Crippen molar-refractivity contribution < 1.29 is 4.79 Å². The second kappa shape index (κ2) is 5.03. The summed E-state index contributed by atoms with van der Waals surface area (Å²) in [5.74, 6) is 0.270. The quantitative estimate of drug-likeness (QED) is 0.676. The maximum atomic E-state index is 10.8. The van der Waals surface area contributed by atoms with E-state index in [1.54, 1.807) is 0 Å². The highest BCUT2D eigenvalue weighted by Crippen LogP contribution is 2.23. The number of rotatable bonds is 4. The fraction of sp³-hybridized carbons (Fsp3) is 0.364. The maximum absolute atomic E-state index is 10.8. The predicted molar refractivity (Wildman–Crippen MR) is 55.0 cm³/mol. The van der Waals surface area contributed by atoms with E-state index < -0.39 is 0 Å². The smallest absolute Gasteiger partial charge is 0.222 e. The second-order valence-corrected chi connectivity index (χ2v) is 3.50. The van der Waals surface area contributed by atoms with E-state index in [9.17, 15) is 4.79 Å². The van der Waals surface area contributed by atoms with Gasteiger partial charge in [-0.15, -0.1) is 0 Å². The van der Waals surface area contributed by atoms with Gasteiger partial charge in [0.15, 0.2) is 0 Å². The summed E-state index contributed by atoms with van der Waals surface area (Å²) in [4.78, 5) is 10.8. The lowest BCUT2D eigenvalue weighted by Gasteiger charge is -2.11. The van der Waals surface area contributed by atoms with Gasteiger partial charge < -0.3 is 0 Å². The van der Waals surface area contributed by atoms with Gasteiger partial charge >= 0.3 is 0 Å². The van der Waals surface area contributed by atoms with Crippen molar-refractivity contribution in [3.05, 3.63) is 35.9 Å². The van der Waals surface area contributed by atoms with Crippen LogP contribution >= 0.6 is 11.6 Å². The Balaban J connectivity index is 2.73. The normalized spacial score (nSPS) is 12.5. The molecule has 0 spiro atoms. The first-order valence-corrected chi connectivity index (χ1v) is 4.85. The molecule has 0 heterocycles. The monoisotopic (exact) mass is 196 g/mol. The molecule has 0 aliphatic rings. The highest BCUT2D eigenvalue weighted by Gasteiger charge is 2.11. The van der Waals surface area contributed by atoms with Crippen molar-refractivity contribution in [1.29, 1.82) is 0 Å². The fourth-order valence-electron chi connectivity index (χ4n) is 1.42. The molecule has 1 atom stereocenters. The van der Waals surface area contributed by atoms with Crippen LogP contribution in [0.25, 0.3) is 0 Å². The number of hydrogen-bond donors (Lipinski definition) is 0. The molecule has 1 aromatic carbocycles. The van der Waals surface area contributed by atoms with Gasteiger partial charge in [-0.1, -0.05) is 37.3 Å². The van der Waals surface area contributed by atoms with Crippen molar-refractivity contribution in [3.63, 3.8) is 0 Å². The summed E-state index contributed by atoms with van der Waals surface area (Å²) in [7, 11) is 0. The Morgan fingerprint density at radius 2 is 2.00 bits per heavy atom. The highest BCUT2D eigenvalue weighted by molar-refractivity contribution is 6.63. The van der Waals surface area contributed by atoms with Gasteiger partial charge in [0.05, 0.1) is 0 Å². The summed E-state index contributed by atoms with van der Waals surface area (Å²) in [5, 5.41) is -0.254. The zero-order valence-corrected chi connectivity index (χ0v) is 8.42. The van der Waals surface area contributed by atoms with Gasteiger partial charge in [-0.3, -0.25) is 4.79 Å². The molecule has 0 radical (unpaired) electrons. The lowest BCUT2D eigenvalue weighted by atomic mass is 9.94. The van der Waals surface area contributed by atoms with Crippen LogP contribution in [0.4, 0.5) is 0 Å². The number of carbonyl (C=O) groups excluding carboxylic acids is 1. The predicted octanol–water partition coefficient (Wildman–Crippen LogP) is 3.34. The Labute approximate surface area is 83.7 Å². The zero-order valence-electron chi connectivity index (χ0n) is 7.66. The van der Waals surface area contributed by atoms with Crippen LogP contribution in [0.15, 0.2) is 30.3 Å². The van der Waals surface area contributed by atoms with Crippen LogP contribution in [-0.2, 0) is 4.79 Å². The van der Waals surface area contributed by atoms with E-state index in [0.29, 0.717) is 6.42 Å². The van der Waals surface area contributed by atoms with Gasteiger partial charge in [-0.05, 0) is 29.5 Å². The standard InChI is InChI=1S/C11H13ClO/c1-2-9(8-11(12)13)10-6-4-3-5-7-10/h3-7,9H,2,8H2,1H3/t9-/m0/s1. The van der Waals surface area contributed by atoms with Crippen molar-refractivity contribution in [1.82, 2.24) is 0 Å². The van der Waals surface area contributed by atoms with Gasteiger partial charge in [-0.2, -0.15) is 0 Å². The fourth-order valence-corrected chi connectivity index (χ4v) is 1.60. The summed E-state index contributed by atoms with van der Waals surface area (Å²) < 4.78 is 0. The number of hydrogen-bond acceptors (Lipinski definition) is 1. The molecule has 1 rings (SSSR count). The minimum atomic E-state index is -0.254. The third kappa shape index (κ3) is 3.19. The maximum Gasteiger partial charge on any atom is 0.222 e. The van der Waals surface area contributed by atoms with Gasteiger partial charge in [0, 0.05) is 6.42 Å². The van der Waals surface area contributed by atoms with Gasteiger partial charge in [0.25, 0.3) is 0 Å². The van der Waals surface area contributed by atoms with Gasteiger partial charge in [0.1, 0.15) is 0 Å². The molecule has 13 heavy (non-hydrogen) atoms. The zero-order chi connectivity index (χ0) is 9.68. The molecular weight excluding hydrogens is 184 g/mol. The molecule has 0 saturated carbocycles. The SMILES string of the molecule is CC[C@@H](CC(=O)Cl)c1ccccc1. The molecule has 0 bridgehead atoms. The molecule has 1 aromatic rings. The van der Waals surface area contributed by atoms with Crippen molar-refractivity contribution in [3.8, 4) is 0 Å². The summed E-state index contributed by atoms with van der Waals surface area (Å²) >= 11 is 5.36. The van der Waals surface area contributed by atoms with Crippen LogP contribution in [0.2, 0.25) is 0 Å². The topological polar surface area (TPSA) is 17.1 Å². The van der Waals surface area contributed by atoms with Crippen LogP contribution in [-0.4, -0.2) is 5.24 Å². The van der Waals surface area contributed by atoms with E-state index in [4.69, 9.17) is 11.6 Å². The number of benzene rings is 1. The van der Waals surface area contributed by atoms with Crippen LogP contribution in [0.1, 0.15) is 31.2 Å². The third-order valence-electron chi connectivity index (χ3n) is 2.17. The Morgan fingerprint density at radius 1 is 1.38 bits per heavy atom. The molecule has 0 saturated heterocycles. The molecule has 0 aromatic heterocycles. The Kier molecular flexibility index (Phi) is 3.97. The van der Waals surface area contributed by atoms with E-state index in [1.165, 1.54) is 5.56 Å². The summed E-state index contributed by atoms with van der Waals surface area (Å²) in [6.07, 6.45) is 1.38. The first kappa shape index (κ1) is 10.3. The molecule has 0 fully saturated rings. The van der Waals surface area contributed by atoms with E-state index in [1.807, 2.05) is 30.3 Å². The lowest BCUT2D eigenvalue weighted by molar-refractivity contribution is -0.112. The minimum Gasteiger partial charge on any atom is -0.281 e. The van der Waals surface area contributed by atoms with E-state index in [-0.39, 0.29) is 11.2 Å². The van der Waals surface area contributed by atoms with E-state index in [0.717, 1.165) is 6.42 Å². The first-order chi connectivity index (χ1) is 6.24. The van der Waals surface area contributed by atoms with Crippen LogP contribution in [0.3, 0.4) is 0 Å². The van der Waals surface area contributed by atoms with Crippen molar-refractivity contribution in [2.24, 2.45) is 0 Å². The minimum absolute atomic E-state index is 0.254. The average Bonchev–Trinajstić information content (AvgIpc) is 2.15. The van der Waals surface area contributed by atoms with Crippen molar-refractivity contribution >= 4 is 16.8 Å². The summed E-state index contributed by atoms with van der Waals surface area (Å²) in [6, 6.07) is 10.0. The Morgan fingerprint density at radius 3 is 2.46 bits per heavy atom. The van der Waals surface area contributed by atoms with Crippen LogP contribution in [0.5, 0.6) is 0 Å². The van der Waals surface area contributed by atoms with E-state index in [2.05, 4.69) is 6.92 Å². The van der Waals surface area contributed by atoms with Crippen LogP contribution < -0.4 is 0 Å². The molecule has 1 nitrogen and oxygen atoms in total. The molecular formula is C11H13ClO. The number of carbonyl (C=O) groups is 1. The van der Waals surface area contributed by atoms with Crippen molar-refractivity contribution in [2.45, 2.75) is 25.7 Å². The van der Waals surface area contributed by atoms with Crippen LogP contribution in [0, 0.1) is 0 Å².